The number of para-hydroxylation sites is 3. The van der Waals surface area contributed by atoms with E-state index in [1.165, 1.54) is 0 Å². The number of fused-ring (bicyclic) bond motifs is 6. The second-order valence-corrected chi connectivity index (χ2v) is 13.7. The van der Waals surface area contributed by atoms with Crippen molar-refractivity contribution in [3.8, 4) is 57.0 Å². The second-order valence-electron chi connectivity index (χ2n) is 13.7. The summed E-state index contributed by atoms with van der Waals surface area (Å²) in [6.07, 6.45) is 1.81. The van der Waals surface area contributed by atoms with Gasteiger partial charge in [0.15, 0.2) is 5.69 Å². The number of hydrogen-bond acceptors (Lipinski definition) is 3. The van der Waals surface area contributed by atoms with Crippen molar-refractivity contribution in [1.29, 1.82) is 10.5 Å². The summed E-state index contributed by atoms with van der Waals surface area (Å²) < 4.78 is 4.51. The molecule has 0 unspecified atom stereocenters. The summed E-state index contributed by atoms with van der Waals surface area (Å²) in [7, 11) is 0. The molecule has 0 atom stereocenters. The summed E-state index contributed by atoms with van der Waals surface area (Å²) in [6.45, 7) is 7.78. The number of pyridine rings is 1. The van der Waals surface area contributed by atoms with Gasteiger partial charge in [0.2, 0.25) is 0 Å². The Labute approximate surface area is 322 Å². The molecule has 0 aliphatic rings. The second kappa shape index (κ2) is 13.0. The van der Waals surface area contributed by atoms with Crippen molar-refractivity contribution >= 4 is 49.3 Å². The zero-order valence-corrected chi connectivity index (χ0v) is 29.8. The van der Waals surface area contributed by atoms with Crippen LogP contribution in [0.1, 0.15) is 11.1 Å². The van der Waals surface area contributed by atoms with Crippen molar-refractivity contribution in [2.24, 2.45) is 0 Å². The first kappa shape index (κ1) is 32.4. The molecule has 10 rings (SSSR count). The lowest BCUT2D eigenvalue weighted by atomic mass is 9.98. The minimum atomic E-state index is 0.529. The fourth-order valence-electron chi connectivity index (χ4n) is 8.22. The van der Waals surface area contributed by atoms with E-state index in [0.29, 0.717) is 16.8 Å². The van der Waals surface area contributed by atoms with E-state index in [-0.39, 0.29) is 0 Å². The Balaban J connectivity index is 1.23. The number of aromatic nitrogens is 3. The van der Waals surface area contributed by atoms with E-state index in [1.807, 2.05) is 91.0 Å². The Bertz CT molecular complexity index is 3360. The number of nitrogens with zero attached hydrogens (tertiary/aromatic N) is 6. The standard InChI is InChI=1S/C50H28N6/c1-53-43-16-7-4-13-37(43)34-22-25-47-41(29-34)39-15-6-9-18-45(39)56(47)49-19-10-26-54-50(49)42-27-32(30-51)20-23-48(42)55-44-17-8-5-14-38(44)40-28-33(21-24-46(40)55)36-12-3-2-11-35(36)31-52/h2-29H. The molecule has 3 aromatic heterocycles. The van der Waals surface area contributed by atoms with Gasteiger partial charge in [-0.05, 0) is 95.1 Å². The van der Waals surface area contributed by atoms with Gasteiger partial charge in [-0.2, -0.15) is 10.5 Å². The maximum atomic E-state index is 10.2. The molecule has 0 spiro atoms. The molecule has 7 aromatic carbocycles. The van der Waals surface area contributed by atoms with Gasteiger partial charge >= 0.3 is 0 Å². The van der Waals surface area contributed by atoms with E-state index in [9.17, 15) is 10.5 Å². The average molecular weight is 713 g/mol. The topological polar surface area (TPSA) is 74.7 Å². The lowest BCUT2D eigenvalue weighted by Crippen LogP contribution is -2.03. The van der Waals surface area contributed by atoms with Gasteiger partial charge in [-0.3, -0.25) is 4.98 Å². The molecule has 3 heterocycles. The summed E-state index contributed by atoms with van der Waals surface area (Å²) >= 11 is 0. The van der Waals surface area contributed by atoms with Crippen molar-refractivity contribution in [1.82, 2.24) is 14.1 Å². The maximum Gasteiger partial charge on any atom is 0.194 e. The van der Waals surface area contributed by atoms with E-state index in [1.54, 1.807) is 6.20 Å². The molecule has 0 bridgehead atoms. The third-order valence-electron chi connectivity index (χ3n) is 10.7. The highest BCUT2D eigenvalue weighted by Gasteiger charge is 2.22. The van der Waals surface area contributed by atoms with Crippen LogP contribution >= 0.6 is 0 Å². The van der Waals surface area contributed by atoms with Crippen LogP contribution in [0.3, 0.4) is 0 Å². The Morgan fingerprint density at radius 1 is 0.482 bits per heavy atom. The van der Waals surface area contributed by atoms with Gasteiger partial charge in [0.05, 0.1) is 69.0 Å². The Hall–Kier alpha value is -8.24. The molecule has 6 heteroatoms. The molecular formula is C50H28N6. The van der Waals surface area contributed by atoms with Crippen LogP contribution in [0.25, 0.3) is 93.3 Å². The normalized spacial score (nSPS) is 11.2. The Kier molecular flexibility index (Phi) is 7.53. The Morgan fingerprint density at radius 3 is 1.75 bits per heavy atom. The van der Waals surface area contributed by atoms with E-state index < -0.39 is 0 Å². The molecule has 10 aromatic rings. The van der Waals surface area contributed by atoms with Crippen LogP contribution in [0.15, 0.2) is 170 Å². The minimum absolute atomic E-state index is 0.529. The monoisotopic (exact) mass is 712 g/mol. The van der Waals surface area contributed by atoms with E-state index in [0.717, 1.165) is 88.5 Å². The Morgan fingerprint density at radius 2 is 1.07 bits per heavy atom. The fourth-order valence-corrected chi connectivity index (χ4v) is 8.22. The zero-order chi connectivity index (χ0) is 37.8. The minimum Gasteiger partial charge on any atom is -0.309 e. The quantitative estimate of drug-likeness (QED) is 0.167. The van der Waals surface area contributed by atoms with Crippen LogP contribution in [-0.2, 0) is 0 Å². The first-order valence-corrected chi connectivity index (χ1v) is 18.2. The first-order chi connectivity index (χ1) is 27.7. The summed E-state index contributed by atoms with van der Waals surface area (Å²) in [5, 5.41) is 24.4. The van der Waals surface area contributed by atoms with Crippen molar-refractivity contribution in [2.75, 3.05) is 0 Å². The SMILES string of the molecule is [C-]#[N+]c1ccccc1-c1ccc2c(c1)c1ccccc1n2-c1cccnc1-c1cc(C#N)ccc1-n1c2ccccc2c2cc(-c3ccccc3C#N)ccc21. The largest absolute Gasteiger partial charge is 0.309 e. The van der Waals surface area contributed by atoms with Crippen LogP contribution in [0.2, 0.25) is 0 Å². The third-order valence-corrected chi connectivity index (χ3v) is 10.7. The van der Waals surface area contributed by atoms with Gasteiger partial charge in [0.25, 0.3) is 0 Å². The van der Waals surface area contributed by atoms with Crippen molar-refractivity contribution in [3.05, 3.63) is 193 Å². The summed E-state index contributed by atoms with van der Waals surface area (Å²) in [5.74, 6) is 0. The van der Waals surface area contributed by atoms with Crippen LogP contribution in [0.4, 0.5) is 5.69 Å². The molecule has 0 aliphatic carbocycles. The third kappa shape index (κ3) is 4.97. The summed E-state index contributed by atoms with van der Waals surface area (Å²) in [4.78, 5) is 8.87. The van der Waals surface area contributed by atoms with Gasteiger partial charge in [-0.15, -0.1) is 0 Å². The predicted molar refractivity (Wildman–Crippen MR) is 225 cm³/mol. The van der Waals surface area contributed by atoms with Crippen molar-refractivity contribution in [2.45, 2.75) is 0 Å². The number of rotatable bonds is 5. The molecule has 0 N–H and O–H groups in total. The van der Waals surface area contributed by atoms with Crippen molar-refractivity contribution in [3.63, 3.8) is 0 Å². The lowest BCUT2D eigenvalue weighted by Gasteiger charge is -2.18. The van der Waals surface area contributed by atoms with E-state index in [4.69, 9.17) is 11.6 Å². The molecule has 0 amide bonds. The van der Waals surface area contributed by atoms with Gasteiger partial charge in [-0.1, -0.05) is 91.0 Å². The highest BCUT2D eigenvalue weighted by Crippen LogP contribution is 2.42. The smallest absolute Gasteiger partial charge is 0.194 e. The van der Waals surface area contributed by atoms with E-state index in [2.05, 4.69) is 98.9 Å². The summed E-state index contributed by atoms with van der Waals surface area (Å²) in [6, 6.07) is 59.4. The van der Waals surface area contributed by atoms with Gasteiger partial charge in [0, 0.05) is 33.3 Å². The first-order valence-electron chi connectivity index (χ1n) is 18.2. The van der Waals surface area contributed by atoms with Gasteiger partial charge < -0.3 is 9.13 Å². The number of hydrogen-bond donors (Lipinski definition) is 0. The molecule has 0 saturated carbocycles. The van der Waals surface area contributed by atoms with Crippen LogP contribution in [0.5, 0.6) is 0 Å². The molecule has 0 radical (unpaired) electrons. The molecule has 0 fully saturated rings. The maximum absolute atomic E-state index is 10.2. The van der Waals surface area contributed by atoms with Crippen molar-refractivity contribution < 1.29 is 0 Å². The highest BCUT2D eigenvalue weighted by molar-refractivity contribution is 6.13. The van der Waals surface area contributed by atoms with E-state index >= 15 is 0 Å². The molecular weight excluding hydrogens is 685 g/mol. The molecule has 0 aliphatic heterocycles. The zero-order valence-electron chi connectivity index (χ0n) is 29.8. The van der Waals surface area contributed by atoms with Crippen LogP contribution in [-0.4, -0.2) is 14.1 Å². The molecule has 258 valence electrons. The highest BCUT2D eigenvalue weighted by atomic mass is 15.0. The van der Waals surface area contributed by atoms with Crippen LogP contribution < -0.4 is 0 Å². The molecule has 0 saturated heterocycles. The number of benzene rings is 7. The van der Waals surface area contributed by atoms with Crippen LogP contribution in [0, 0.1) is 29.2 Å². The summed E-state index contributed by atoms with van der Waals surface area (Å²) in [5.41, 5.74) is 12.9. The lowest BCUT2D eigenvalue weighted by molar-refractivity contribution is 1.13. The molecule has 56 heavy (non-hydrogen) atoms. The average Bonchev–Trinajstić information content (AvgIpc) is 3.78. The number of nitriles is 2. The van der Waals surface area contributed by atoms with Gasteiger partial charge in [0.1, 0.15) is 0 Å². The molecule has 6 nitrogen and oxygen atoms in total. The van der Waals surface area contributed by atoms with Gasteiger partial charge in [-0.25, -0.2) is 4.85 Å². The predicted octanol–water partition coefficient (Wildman–Crippen LogP) is 12.6. The fraction of sp³-hybridized carbons (Fsp3) is 0.